The molecule has 6 N–H and O–H groups in total. The first-order valence-electron chi connectivity index (χ1n) is 5.75. The van der Waals surface area contributed by atoms with E-state index in [-0.39, 0.29) is 24.8 Å². The maximum absolute atomic E-state index is 11.3. The zero-order chi connectivity index (χ0) is 16.4. The number of ether oxygens (including phenoxy) is 1. The summed E-state index contributed by atoms with van der Waals surface area (Å²) in [5.74, 6) is -0.756. The fraction of sp³-hybridized carbons (Fsp3) is 0.250. The Hall–Kier alpha value is -1.70. The molecule has 7 nitrogen and oxygen atoms in total. The summed E-state index contributed by atoms with van der Waals surface area (Å²) in [6.07, 6.45) is -0.728. The van der Waals surface area contributed by atoms with Gasteiger partial charge in [0.05, 0.1) is 13.0 Å². The number of carbonyl (C=O) groups excluding carboxylic acids is 2. The van der Waals surface area contributed by atoms with Gasteiger partial charge in [-0.2, -0.15) is 4.99 Å². The molecular weight excluding hydrogens is 355 g/mol. The monoisotopic (exact) mass is 370 g/mol. The van der Waals surface area contributed by atoms with Gasteiger partial charge in [0.25, 0.3) is 5.91 Å². The van der Waals surface area contributed by atoms with Gasteiger partial charge in [0, 0.05) is 10.0 Å². The molecule has 0 unspecified atom stereocenters. The lowest BCUT2D eigenvalue weighted by Gasteiger charge is -2.03. The van der Waals surface area contributed by atoms with Crippen LogP contribution in [0.3, 0.4) is 0 Å². The third kappa shape index (κ3) is 10.1. The molecule has 124 valence electrons. The standard InChI is InChI=1S/C9H9Cl2N3O.C3H7NO2.ClH/c10-6-2-1-3-7(11)5(6)4-8(15)14-9(12)13;1-2-6-3(4)5;/h1-3H,4H2,(H4,12,13,14,15);2H2,1H3,(H2,4,5);1H. The second-order valence-corrected chi connectivity index (χ2v) is 4.37. The fourth-order valence-electron chi connectivity index (χ4n) is 1.18. The van der Waals surface area contributed by atoms with E-state index in [9.17, 15) is 9.59 Å². The number of amides is 2. The molecule has 0 heterocycles. The molecule has 1 rings (SSSR count). The lowest BCUT2D eigenvalue weighted by Crippen LogP contribution is -2.24. The third-order valence-electron chi connectivity index (χ3n) is 1.93. The largest absolute Gasteiger partial charge is 0.450 e. The van der Waals surface area contributed by atoms with Crippen LogP contribution in [0, 0.1) is 0 Å². The van der Waals surface area contributed by atoms with Gasteiger partial charge < -0.3 is 21.9 Å². The number of carbonyl (C=O) groups is 2. The number of nitrogens with two attached hydrogens (primary N) is 3. The van der Waals surface area contributed by atoms with Crippen molar-refractivity contribution in [1.29, 1.82) is 0 Å². The molecule has 0 spiro atoms. The van der Waals surface area contributed by atoms with Crippen molar-refractivity contribution in [1.82, 2.24) is 0 Å². The molecule has 0 saturated carbocycles. The molecule has 22 heavy (non-hydrogen) atoms. The Labute approximate surface area is 144 Å². The van der Waals surface area contributed by atoms with Crippen LogP contribution in [-0.4, -0.2) is 24.6 Å². The number of primary amides is 1. The van der Waals surface area contributed by atoms with Crippen LogP contribution in [0.2, 0.25) is 10.0 Å². The van der Waals surface area contributed by atoms with Crippen molar-refractivity contribution in [3.8, 4) is 0 Å². The summed E-state index contributed by atoms with van der Waals surface area (Å²) in [4.78, 5) is 24.2. The highest BCUT2D eigenvalue weighted by molar-refractivity contribution is 6.36. The van der Waals surface area contributed by atoms with Gasteiger partial charge in [0.1, 0.15) is 0 Å². The molecule has 1 aromatic rings. The molecule has 0 saturated heterocycles. The second-order valence-electron chi connectivity index (χ2n) is 3.56. The number of hydrogen-bond acceptors (Lipinski definition) is 3. The van der Waals surface area contributed by atoms with Crippen molar-refractivity contribution in [2.75, 3.05) is 6.61 Å². The van der Waals surface area contributed by atoms with E-state index in [1.165, 1.54) is 0 Å². The Kier molecular flexibility index (Phi) is 12.2. The van der Waals surface area contributed by atoms with Gasteiger partial charge in [-0.15, -0.1) is 12.4 Å². The summed E-state index contributed by atoms with van der Waals surface area (Å²) >= 11 is 11.7. The molecule has 0 atom stereocenters. The van der Waals surface area contributed by atoms with Crippen LogP contribution in [0.15, 0.2) is 23.2 Å². The van der Waals surface area contributed by atoms with Gasteiger partial charge >= 0.3 is 6.09 Å². The summed E-state index contributed by atoms with van der Waals surface area (Å²) in [6.45, 7) is 2.06. The Morgan fingerprint density at radius 2 is 1.68 bits per heavy atom. The van der Waals surface area contributed by atoms with E-state index in [0.29, 0.717) is 22.2 Å². The summed E-state index contributed by atoms with van der Waals surface area (Å²) in [6, 6.07) is 4.98. The van der Waals surface area contributed by atoms with Crippen molar-refractivity contribution >= 4 is 53.6 Å². The summed E-state index contributed by atoms with van der Waals surface area (Å²) in [5, 5.41) is 0.836. The first-order chi connectivity index (χ1) is 9.77. The van der Waals surface area contributed by atoms with E-state index in [1.807, 2.05) is 0 Å². The van der Waals surface area contributed by atoms with Crippen LogP contribution in [-0.2, 0) is 16.0 Å². The minimum Gasteiger partial charge on any atom is -0.450 e. The number of benzene rings is 1. The zero-order valence-electron chi connectivity index (χ0n) is 11.7. The molecule has 10 heteroatoms. The average molecular weight is 372 g/mol. The highest BCUT2D eigenvalue weighted by Gasteiger charge is 2.09. The van der Waals surface area contributed by atoms with E-state index in [0.717, 1.165) is 0 Å². The highest BCUT2D eigenvalue weighted by atomic mass is 35.5. The number of halogens is 3. The SMILES string of the molecule is CCOC(N)=O.Cl.NC(N)=NC(=O)Cc1c(Cl)cccc1Cl. The van der Waals surface area contributed by atoms with Crippen LogP contribution in [0.1, 0.15) is 12.5 Å². The molecular formula is C12H17Cl3N4O3. The average Bonchev–Trinajstić information content (AvgIpc) is 2.33. The van der Waals surface area contributed by atoms with Crippen LogP contribution in [0.5, 0.6) is 0 Å². The minimum absolute atomic E-state index is 0. The Morgan fingerprint density at radius 3 is 2.00 bits per heavy atom. The second kappa shape index (κ2) is 11.9. The lowest BCUT2D eigenvalue weighted by molar-refractivity contribution is -0.117. The van der Waals surface area contributed by atoms with E-state index >= 15 is 0 Å². The van der Waals surface area contributed by atoms with Crippen molar-refractivity contribution < 1.29 is 14.3 Å². The van der Waals surface area contributed by atoms with E-state index in [1.54, 1.807) is 25.1 Å². The normalized spacial score (nSPS) is 8.68. The van der Waals surface area contributed by atoms with Gasteiger partial charge in [-0.1, -0.05) is 29.3 Å². The predicted molar refractivity (Wildman–Crippen MR) is 89.4 cm³/mol. The van der Waals surface area contributed by atoms with Crippen molar-refractivity contribution in [2.45, 2.75) is 13.3 Å². The third-order valence-corrected chi connectivity index (χ3v) is 2.64. The quantitative estimate of drug-likeness (QED) is 0.550. The number of nitrogens with zero attached hydrogens (tertiary/aromatic N) is 1. The van der Waals surface area contributed by atoms with Gasteiger partial charge in [0.2, 0.25) is 0 Å². The van der Waals surface area contributed by atoms with Crippen LogP contribution in [0.25, 0.3) is 0 Å². The van der Waals surface area contributed by atoms with E-state index in [4.69, 9.17) is 34.7 Å². The zero-order valence-corrected chi connectivity index (χ0v) is 14.0. The first kappa shape index (κ1) is 22.6. The van der Waals surface area contributed by atoms with Gasteiger partial charge in [-0.25, -0.2) is 4.79 Å². The lowest BCUT2D eigenvalue weighted by atomic mass is 10.1. The van der Waals surface area contributed by atoms with Crippen molar-refractivity contribution in [3.05, 3.63) is 33.8 Å². The summed E-state index contributed by atoms with van der Waals surface area (Å²) in [5.41, 5.74) is 15.2. The molecule has 0 bridgehead atoms. The van der Waals surface area contributed by atoms with Gasteiger partial charge in [-0.3, -0.25) is 4.79 Å². The highest BCUT2D eigenvalue weighted by Crippen LogP contribution is 2.24. The van der Waals surface area contributed by atoms with Crippen LogP contribution in [0.4, 0.5) is 4.79 Å². The predicted octanol–water partition coefficient (Wildman–Crippen LogP) is 1.86. The molecule has 0 aliphatic carbocycles. The number of rotatable bonds is 3. The minimum atomic E-state index is -0.711. The summed E-state index contributed by atoms with van der Waals surface area (Å²) < 4.78 is 4.18. The maximum Gasteiger partial charge on any atom is 0.404 e. The Balaban J connectivity index is 0. The Morgan fingerprint density at radius 1 is 1.18 bits per heavy atom. The molecule has 0 aliphatic rings. The molecule has 0 aromatic heterocycles. The van der Waals surface area contributed by atoms with Gasteiger partial charge in [-0.05, 0) is 24.6 Å². The smallest absolute Gasteiger partial charge is 0.404 e. The fourth-order valence-corrected chi connectivity index (χ4v) is 1.71. The number of hydrogen-bond donors (Lipinski definition) is 3. The molecule has 0 fully saturated rings. The first-order valence-corrected chi connectivity index (χ1v) is 6.51. The molecule has 0 aliphatic heterocycles. The van der Waals surface area contributed by atoms with E-state index in [2.05, 4.69) is 15.5 Å². The van der Waals surface area contributed by atoms with Crippen LogP contribution < -0.4 is 17.2 Å². The topological polar surface area (TPSA) is 134 Å². The van der Waals surface area contributed by atoms with Crippen LogP contribution >= 0.6 is 35.6 Å². The molecule has 2 amide bonds. The molecule has 1 aromatic carbocycles. The Bertz CT molecular complexity index is 514. The van der Waals surface area contributed by atoms with Crippen molar-refractivity contribution in [2.24, 2.45) is 22.2 Å². The summed E-state index contributed by atoms with van der Waals surface area (Å²) in [7, 11) is 0. The van der Waals surface area contributed by atoms with Gasteiger partial charge in [0.15, 0.2) is 5.96 Å². The van der Waals surface area contributed by atoms with E-state index < -0.39 is 12.0 Å². The number of aliphatic imine (C=N–C) groups is 1. The number of guanidine groups is 1. The molecule has 0 radical (unpaired) electrons. The maximum atomic E-state index is 11.3. The van der Waals surface area contributed by atoms with Crippen molar-refractivity contribution in [3.63, 3.8) is 0 Å².